The molecule has 0 unspecified atom stereocenters. The molecule has 13 heavy (non-hydrogen) atoms. The monoisotopic (exact) mass is 186 g/mol. The molecule has 0 fully saturated rings. The molecule has 1 N–H and O–H groups in total. The summed E-state index contributed by atoms with van der Waals surface area (Å²) in [7, 11) is 0. The van der Waals surface area contributed by atoms with Gasteiger partial charge in [-0.15, -0.1) is 0 Å². The van der Waals surface area contributed by atoms with Gasteiger partial charge in [0.25, 0.3) is 6.02 Å². The van der Waals surface area contributed by atoms with Crippen LogP contribution < -0.4 is 5.32 Å². The maximum Gasteiger partial charge on any atom is 0.284 e. The van der Waals surface area contributed by atoms with Gasteiger partial charge >= 0.3 is 0 Å². The number of ether oxygens (including phenoxy) is 1. The summed E-state index contributed by atoms with van der Waals surface area (Å²) in [4.78, 5) is 4.30. The number of aliphatic imine (C=N–C) groups is 1. The van der Waals surface area contributed by atoms with Crippen molar-refractivity contribution in [2.24, 2.45) is 4.99 Å². The van der Waals surface area contributed by atoms with Crippen LogP contribution in [0.15, 0.2) is 4.99 Å². The fraction of sp³-hybridized carbons (Fsp3) is 0.900. The first-order valence-corrected chi connectivity index (χ1v) is 5.26. The predicted octanol–water partition coefficient (Wildman–Crippen LogP) is 2.18. The van der Waals surface area contributed by atoms with Crippen molar-refractivity contribution in [2.75, 3.05) is 19.7 Å². The highest BCUT2D eigenvalue weighted by Crippen LogP contribution is 1.86. The molecule has 0 radical (unpaired) electrons. The molecular weight excluding hydrogens is 164 g/mol. The largest absolute Gasteiger partial charge is 0.465 e. The molecule has 78 valence electrons. The van der Waals surface area contributed by atoms with Crippen LogP contribution in [0.2, 0.25) is 0 Å². The first-order valence-electron chi connectivity index (χ1n) is 5.26. The number of hydrogen-bond donors (Lipinski definition) is 1. The molecule has 0 heterocycles. The molecule has 0 aromatic carbocycles. The average Bonchev–Trinajstić information content (AvgIpc) is 2.17. The molecule has 0 atom stereocenters. The van der Waals surface area contributed by atoms with Gasteiger partial charge in [-0.2, -0.15) is 0 Å². The zero-order valence-electron chi connectivity index (χ0n) is 9.10. The minimum absolute atomic E-state index is 0.713. The molecule has 0 aliphatic heterocycles. The van der Waals surface area contributed by atoms with Gasteiger partial charge in [-0.05, 0) is 19.3 Å². The second kappa shape index (κ2) is 9.36. The lowest BCUT2D eigenvalue weighted by Gasteiger charge is -2.09. The van der Waals surface area contributed by atoms with Crippen LogP contribution in [0.25, 0.3) is 0 Å². The lowest BCUT2D eigenvalue weighted by Crippen LogP contribution is -2.27. The minimum atomic E-state index is 0.713. The van der Waals surface area contributed by atoms with Gasteiger partial charge in [0.2, 0.25) is 0 Å². The first-order chi connectivity index (χ1) is 6.35. The van der Waals surface area contributed by atoms with Gasteiger partial charge in [0, 0.05) is 13.1 Å². The number of hydrogen-bond acceptors (Lipinski definition) is 2. The second-order valence-corrected chi connectivity index (χ2v) is 2.96. The molecule has 0 aliphatic carbocycles. The van der Waals surface area contributed by atoms with Crippen molar-refractivity contribution in [2.45, 2.75) is 40.0 Å². The van der Waals surface area contributed by atoms with Crippen LogP contribution in [-0.2, 0) is 4.74 Å². The molecule has 0 aromatic rings. The summed E-state index contributed by atoms with van der Waals surface area (Å²) < 4.78 is 5.43. The van der Waals surface area contributed by atoms with Gasteiger partial charge in [0.05, 0.1) is 6.61 Å². The van der Waals surface area contributed by atoms with Gasteiger partial charge in [-0.25, -0.2) is 4.99 Å². The summed E-state index contributed by atoms with van der Waals surface area (Å²) in [6.07, 6.45) is 3.19. The van der Waals surface area contributed by atoms with E-state index in [0.29, 0.717) is 6.02 Å². The Morgan fingerprint density at radius 1 is 1.15 bits per heavy atom. The standard InChI is InChI=1S/C10H22N2O/c1-4-7-11-10(12-8-5-2)13-9-6-3/h4-9H2,1-3H3,(H,11,12). The Morgan fingerprint density at radius 2 is 1.92 bits per heavy atom. The summed E-state index contributed by atoms with van der Waals surface area (Å²) in [5.41, 5.74) is 0. The molecule has 3 heteroatoms. The van der Waals surface area contributed by atoms with E-state index >= 15 is 0 Å². The Labute approximate surface area is 81.6 Å². The van der Waals surface area contributed by atoms with Crippen molar-refractivity contribution in [1.82, 2.24) is 5.32 Å². The molecule has 0 aliphatic rings. The van der Waals surface area contributed by atoms with Gasteiger partial charge in [0.15, 0.2) is 0 Å². The van der Waals surface area contributed by atoms with E-state index in [1.807, 2.05) is 0 Å². The summed E-state index contributed by atoms with van der Waals surface area (Å²) >= 11 is 0. The van der Waals surface area contributed by atoms with Crippen molar-refractivity contribution in [3.05, 3.63) is 0 Å². The van der Waals surface area contributed by atoms with E-state index in [0.717, 1.165) is 39.0 Å². The fourth-order valence-corrected chi connectivity index (χ4v) is 0.797. The maximum atomic E-state index is 5.43. The smallest absolute Gasteiger partial charge is 0.284 e. The van der Waals surface area contributed by atoms with E-state index in [2.05, 4.69) is 31.1 Å². The van der Waals surface area contributed by atoms with Crippen LogP contribution in [0.1, 0.15) is 40.0 Å². The molecule has 0 aromatic heterocycles. The number of nitrogens with one attached hydrogen (secondary N) is 1. The zero-order valence-corrected chi connectivity index (χ0v) is 9.10. The third kappa shape index (κ3) is 7.62. The number of amidine groups is 1. The zero-order chi connectivity index (χ0) is 9.94. The Kier molecular flexibility index (Phi) is 8.83. The molecular formula is C10H22N2O. The van der Waals surface area contributed by atoms with Crippen molar-refractivity contribution < 1.29 is 4.74 Å². The molecule has 0 saturated heterocycles. The SMILES string of the molecule is CCCN=C(NCCC)OCCC. The van der Waals surface area contributed by atoms with E-state index < -0.39 is 0 Å². The van der Waals surface area contributed by atoms with Gasteiger partial charge < -0.3 is 10.1 Å². The van der Waals surface area contributed by atoms with Crippen LogP contribution in [0.5, 0.6) is 0 Å². The van der Waals surface area contributed by atoms with E-state index in [-0.39, 0.29) is 0 Å². The number of nitrogens with zero attached hydrogens (tertiary/aromatic N) is 1. The molecule has 0 spiro atoms. The Hall–Kier alpha value is -0.730. The van der Waals surface area contributed by atoms with E-state index in [1.165, 1.54) is 0 Å². The molecule has 0 saturated carbocycles. The first kappa shape index (κ1) is 12.3. The van der Waals surface area contributed by atoms with Gasteiger partial charge in [0.1, 0.15) is 0 Å². The third-order valence-corrected chi connectivity index (χ3v) is 1.45. The third-order valence-electron chi connectivity index (χ3n) is 1.45. The molecule has 3 nitrogen and oxygen atoms in total. The average molecular weight is 186 g/mol. The predicted molar refractivity (Wildman–Crippen MR) is 57.1 cm³/mol. The molecule has 0 bridgehead atoms. The summed E-state index contributed by atoms with van der Waals surface area (Å²) in [5, 5.41) is 3.17. The maximum absolute atomic E-state index is 5.43. The van der Waals surface area contributed by atoms with E-state index in [4.69, 9.17) is 4.74 Å². The highest BCUT2D eigenvalue weighted by Gasteiger charge is 1.96. The minimum Gasteiger partial charge on any atom is -0.465 e. The second-order valence-electron chi connectivity index (χ2n) is 2.96. The Bertz CT molecular complexity index is 125. The van der Waals surface area contributed by atoms with Crippen molar-refractivity contribution in [1.29, 1.82) is 0 Å². The van der Waals surface area contributed by atoms with Crippen molar-refractivity contribution in [3.63, 3.8) is 0 Å². The summed E-state index contributed by atoms with van der Waals surface area (Å²) in [5.74, 6) is 0. The van der Waals surface area contributed by atoms with Crippen LogP contribution in [0, 0.1) is 0 Å². The van der Waals surface area contributed by atoms with Gasteiger partial charge in [-0.1, -0.05) is 20.8 Å². The highest BCUT2D eigenvalue weighted by molar-refractivity contribution is 5.73. The van der Waals surface area contributed by atoms with Crippen molar-refractivity contribution in [3.8, 4) is 0 Å². The highest BCUT2D eigenvalue weighted by atomic mass is 16.5. The van der Waals surface area contributed by atoms with Crippen LogP contribution >= 0.6 is 0 Å². The van der Waals surface area contributed by atoms with Crippen LogP contribution in [0.3, 0.4) is 0 Å². The van der Waals surface area contributed by atoms with Crippen LogP contribution in [-0.4, -0.2) is 25.7 Å². The van der Waals surface area contributed by atoms with E-state index in [1.54, 1.807) is 0 Å². The lowest BCUT2D eigenvalue weighted by atomic mass is 10.5. The van der Waals surface area contributed by atoms with E-state index in [9.17, 15) is 0 Å². The van der Waals surface area contributed by atoms with Gasteiger partial charge in [-0.3, -0.25) is 0 Å². The molecule has 0 rings (SSSR count). The summed E-state index contributed by atoms with van der Waals surface area (Å²) in [6, 6.07) is 0.713. The fourth-order valence-electron chi connectivity index (χ4n) is 0.797. The number of rotatable bonds is 6. The van der Waals surface area contributed by atoms with Crippen LogP contribution in [0.4, 0.5) is 0 Å². The Balaban J connectivity index is 3.72. The normalized spacial score (nSPS) is 11.5. The Morgan fingerprint density at radius 3 is 2.46 bits per heavy atom. The lowest BCUT2D eigenvalue weighted by molar-refractivity contribution is 0.287. The quantitative estimate of drug-likeness (QED) is 0.509. The topological polar surface area (TPSA) is 33.6 Å². The summed E-state index contributed by atoms with van der Waals surface area (Å²) in [6.45, 7) is 8.86. The molecule has 0 amide bonds. The van der Waals surface area contributed by atoms with Crippen molar-refractivity contribution >= 4 is 6.02 Å².